The Kier molecular flexibility index (Phi) is 3.60. The third-order valence-electron chi connectivity index (χ3n) is 8.00. The number of fused-ring (bicyclic) bond motifs is 5. The van der Waals surface area contributed by atoms with Crippen LogP contribution in [0.5, 0.6) is 0 Å². The Balaban J connectivity index is 1.65. The second kappa shape index (κ2) is 6.44. The molecule has 0 bridgehead atoms. The lowest BCUT2D eigenvalue weighted by atomic mass is 9.65. The summed E-state index contributed by atoms with van der Waals surface area (Å²) in [7, 11) is 0. The first-order valence-corrected chi connectivity index (χ1v) is 11.6. The summed E-state index contributed by atoms with van der Waals surface area (Å²) >= 11 is 0. The summed E-state index contributed by atoms with van der Waals surface area (Å²) < 4.78 is 0. The molecule has 0 unspecified atom stereocenters. The van der Waals surface area contributed by atoms with Crippen LogP contribution in [0.25, 0.3) is 11.1 Å². The maximum Gasteiger partial charge on any atom is 0.0991 e. The summed E-state index contributed by atoms with van der Waals surface area (Å²) in [6.07, 6.45) is 4.51. The molecule has 0 radical (unpaired) electrons. The molecule has 7 rings (SSSR count). The molecule has 0 saturated heterocycles. The Morgan fingerprint density at radius 1 is 0.515 bits per heavy atom. The van der Waals surface area contributed by atoms with Gasteiger partial charge in [0.1, 0.15) is 0 Å². The SMILES string of the molecule is N#Cc1ccc2c(c1)C(c1ccc3c(c1)CC3)(c1ccc3c(c1)CC3)c1cc(C#N)ccc1-2. The van der Waals surface area contributed by atoms with Crippen LogP contribution in [0.1, 0.15) is 55.6 Å². The van der Waals surface area contributed by atoms with Gasteiger partial charge in [-0.15, -0.1) is 0 Å². The van der Waals surface area contributed by atoms with E-state index in [1.807, 2.05) is 12.1 Å². The normalized spacial score (nSPS) is 15.6. The summed E-state index contributed by atoms with van der Waals surface area (Å²) in [5.41, 5.74) is 13.5. The monoisotopic (exact) mass is 420 g/mol. The van der Waals surface area contributed by atoms with Crippen molar-refractivity contribution in [3.63, 3.8) is 0 Å². The van der Waals surface area contributed by atoms with E-state index in [2.05, 4.69) is 72.8 Å². The van der Waals surface area contributed by atoms with Gasteiger partial charge in [0.05, 0.1) is 28.7 Å². The van der Waals surface area contributed by atoms with Crippen LogP contribution in [0, 0.1) is 22.7 Å². The summed E-state index contributed by atoms with van der Waals surface area (Å²) in [6.45, 7) is 0. The molecule has 3 aliphatic rings. The van der Waals surface area contributed by atoms with E-state index in [0.717, 1.165) is 47.9 Å². The Hall–Kier alpha value is -4.14. The second-order valence-electron chi connectivity index (χ2n) is 9.46. The smallest absolute Gasteiger partial charge is 0.0991 e. The minimum absolute atomic E-state index is 0.542. The fourth-order valence-electron chi connectivity index (χ4n) is 6.11. The van der Waals surface area contributed by atoms with Gasteiger partial charge in [0.2, 0.25) is 0 Å². The molecule has 2 heteroatoms. The summed E-state index contributed by atoms with van der Waals surface area (Å²) in [6, 6.07) is 30.7. The minimum atomic E-state index is -0.542. The highest BCUT2D eigenvalue weighted by Gasteiger charge is 2.47. The minimum Gasteiger partial charge on any atom is -0.192 e. The predicted molar refractivity (Wildman–Crippen MR) is 128 cm³/mol. The molecule has 3 aliphatic carbocycles. The van der Waals surface area contributed by atoms with Crippen molar-refractivity contribution in [2.45, 2.75) is 31.1 Å². The van der Waals surface area contributed by atoms with Crippen LogP contribution in [0.15, 0.2) is 72.8 Å². The molecule has 0 spiro atoms. The van der Waals surface area contributed by atoms with Gasteiger partial charge in [0.25, 0.3) is 0 Å². The second-order valence-corrected chi connectivity index (χ2v) is 9.46. The average Bonchev–Trinajstić information content (AvgIpc) is 3.10. The zero-order chi connectivity index (χ0) is 22.2. The lowest BCUT2D eigenvalue weighted by Crippen LogP contribution is -2.30. The summed E-state index contributed by atoms with van der Waals surface area (Å²) in [5.74, 6) is 0. The number of nitrogens with zero attached hydrogens (tertiary/aromatic N) is 2. The van der Waals surface area contributed by atoms with Gasteiger partial charge in [-0.2, -0.15) is 10.5 Å². The molecule has 4 aromatic rings. The predicted octanol–water partition coefficient (Wildman–Crippen LogP) is 5.99. The van der Waals surface area contributed by atoms with E-state index in [-0.39, 0.29) is 0 Å². The van der Waals surface area contributed by atoms with Crippen LogP contribution in [0.3, 0.4) is 0 Å². The fraction of sp³-hybridized carbons (Fsp3) is 0.161. The van der Waals surface area contributed by atoms with E-state index >= 15 is 0 Å². The quantitative estimate of drug-likeness (QED) is 0.352. The van der Waals surface area contributed by atoms with Gasteiger partial charge in [-0.05, 0) is 106 Å². The zero-order valence-corrected chi connectivity index (χ0v) is 18.2. The van der Waals surface area contributed by atoms with E-state index < -0.39 is 5.41 Å². The molecule has 0 heterocycles. The van der Waals surface area contributed by atoms with E-state index in [0.29, 0.717) is 11.1 Å². The Labute approximate surface area is 193 Å². The average molecular weight is 421 g/mol. The molecule has 0 aromatic heterocycles. The highest BCUT2D eigenvalue weighted by Crippen LogP contribution is 2.57. The van der Waals surface area contributed by atoms with Crippen molar-refractivity contribution in [3.05, 3.63) is 128 Å². The van der Waals surface area contributed by atoms with Crippen molar-refractivity contribution in [1.29, 1.82) is 10.5 Å². The standard InChI is InChI=1S/C31H20N2/c32-17-19-1-11-27-28-12-2-20(18-33)14-30(28)31(29(27)13-19,25-9-7-21-3-5-23(21)15-25)26-10-8-22-4-6-24(22)16-26/h1-2,7-16H,3-6H2. The van der Waals surface area contributed by atoms with Gasteiger partial charge >= 0.3 is 0 Å². The molecule has 33 heavy (non-hydrogen) atoms. The Morgan fingerprint density at radius 2 is 0.970 bits per heavy atom. The largest absolute Gasteiger partial charge is 0.192 e. The number of hydrogen-bond acceptors (Lipinski definition) is 2. The molecular formula is C31H20N2. The van der Waals surface area contributed by atoms with Gasteiger partial charge in [-0.1, -0.05) is 48.5 Å². The Bertz CT molecular complexity index is 1470. The third-order valence-corrected chi connectivity index (χ3v) is 8.00. The van der Waals surface area contributed by atoms with Gasteiger partial charge in [-0.3, -0.25) is 0 Å². The molecule has 0 N–H and O–H groups in total. The Morgan fingerprint density at radius 3 is 1.33 bits per heavy atom. The van der Waals surface area contributed by atoms with Crippen LogP contribution in [0.2, 0.25) is 0 Å². The molecule has 0 aliphatic heterocycles. The maximum absolute atomic E-state index is 9.77. The van der Waals surface area contributed by atoms with Gasteiger partial charge < -0.3 is 0 Å². The molecular weight excluding hydrogens is 400 g/mol. The number of nitriles is 2. The number of rotatable bonds is 2. The van der Waals surface area contributed by atoms with Crippen molar-refractivity contribution in [2.75, 3.05) is 0 Å². The zero-order valence-electron chi connectivity index (χ0n) is 18.2. The van der Waals surface area contributed by atoms with Gasteiger partial charge in [-0.25, -0.2) is 0 Å². The van der Waals surface area contributed by atoms with E-state index in [1.165, 1.54) is 33.4 Å². The number of benzene rings is 4. The van der Waals surface area contributed by atoms with Crippen LogP contribution in [0.4, 0.5) is 0 Å². The van der Waals surface area contributed by atoms with Crippen molar-refractivity contribution in [1.82, 2.24) is 0 Å². The highest BCUT2D eigenvalue weighted by atomic mass is 14.5. The number of aryl methyl sites for hydroxylation is 4. The topological polar surface area (TPSA) is 47.6 Å². The molecule has 4 aromatic carbocycles. The molecule has 0 atom stereocenters. The molecule has 2 nitrogen and oxygen atoms in total. The van der Waals surface area contributed by atoms with Crippen molar-refractivity contribution in [2.24, 2.45) is 0 Å². The van der Waals surface area contributed by atoms with E-state index in [1.54, 1.807) is 0 Å². The van der Waals surface area contributed by atoms with E-state index in [4.69, 9.17) is 0 Å². The molecule has 0 saturated carbocycles. The highest BCUT2D eigenvalue weighted by molar-refractivity contribution is 5.87. The first-order chi connectivity index (χ1) is 16.2. The third kappa shape index (κ3) is 2.31. The summed E-state index contributed by atoms with van der Waals surface area (Å²) in [4.78, 5) is 0. The van der Waals surface area contributed by atoms with Gasteiger partial charge in [0.15, 0.2) is 0 Å². The number of hydrogen-bond donors (Lipinski definition) is 0. The van der Waals surface area contributed by atoms with Crippen molar-refractivity contribution in [3.8, 4) is 23.3 Å². The van der Waals surface area contributed by atoms with Crippen LogP contribution in [-0.2, 0) is 31.1 Å². The lowest BCUT2D eigenvalue weighted by Gasteiger charge is -2.36. The fourth-order valence-corrected chi connectivity index (χ4v) is 6.11. The molecule has 0 amide bonds. The summed E-state index contributed by atoms with van der Waals surface area (Å²) in [5, 5.41) is 19.5. The van der Waals surface area contributed by atoms with Crippen LogP contribution in [-0.4, -0.2) is 0 Å². The van der Waals surface area contributed by atoms with Crippen molar-refractivity contribution >= 4 is 0 Å². The van der Waals surface area contributed by atoms with Crippen LogP contribution < -0.4 is 0 Å². The molecule has 0 fully saturated rings. The first kappa shape index (κ1) is 18.4. The first-order valence-electron chi connectivity index (χ1n) is 11.6. The molecule has 154 valence electrons. The van der Waals surface area contributed by atoms with E-state index in [9.17, 15) is 10.5 Å². The van der Waals surface area contributed by atoms with Gasteiger partial charge in [0, 0.05) is 0 Å². The van der Waals surface area contributed by atoms with Crippen LogP contribution >= 0.6 is 0 Å². The lowest BCUT2D eigenvalue weighted by molar-refractivity contribution is 0.739. The maximum atomic E-state index is 9.77. The van der Waals surface area contributed by atoms with Crippen molar-refractivity contribution < 1.29 is 0 Å².